The molecule has 0 saturated carbocycles. The Hall–Kier alpha value is 0.137. The highest BCUT2D eigenvalue weighted by Gasteiger charge is 2.37. The zero-order chi connectivity index (χ0) is 12.4. The first-order valence-corrected chi connectivity index (χ1v) is 9.49. The molecule has 3 heteroatoms. The van der Waals surface area contributed by atoms with Gasteiger partial charge in [0.05, 0.1) is 0 Å². The van der Waals surface area contributed by atoms with Crippen LogP contribution in [0.15, 0.2) is 0 Å². The summed E-state index contributed by atoms with van der Waals surface area (Å²) in [4.78, 5) is 0. The molecule has 0 aliphatic carbocycles. The van der Waals surface area contributed by atoms with Gasteiger partial charge in [0.2, 0.25) is 0 Å². The molecule has 2 atom stereocenters. The van der Waals surface area contributed by atoms with Crippen molar-refractivity contribution < 1.29 is 4.43 Å². The molecule has 1 aliphatic rings. The van der Waals surface area contributed by atoms with Crippen LogP contribution in [0.1, 0.15) is 34.1 Å². The molecule has 0 bridgehead atoms. The Bertz CT molecular complexity index is 216. The summed E-state index contributed by atoms with van der Waals surface area (Å²) in [6.45, 7) is 17.3. The molecule has 16 heavy (non-hydrogen) atoms. The first-order valence-electron chi connectivity index (χ1n) is 6.59. The molecule has 1 fully saturated rings. The smallest absolute Gasteiger partial charge is 0.191 e. The number of nitrogens with one attached hydrogen (secondary N) is 1. The summed E-state index contributed by atoms with van der Waals surface area (Å²) < 4.78 is 6.28. The Balaban J connectivity index is 2.38. The van der Waals surface area contributed by atoms with Crippen molar-refractivity contribution in [1.29, 1.82) is 0 Å². The first kappa shape index (κ1) is 14.2. The van der Waals surface area contributed by atoms with Gasteiger partial charge in [-0.15, -0.1) is 0 Å². The average Bonchev–Trinajstić information content (AvgIpc) is 2.65. The summed E-state index contributed by atoms with van der Waals surface area (Å²) in [7, 11) is -1.54. The zero-order valence-electron chi connectivity index (χ0n) is 11.9. The molecule has 1 rings (SSSR count). The van der Waals surface area contributed by atoms with E-state index < -0.39 is 8.32 Å². The number of rotatable bonds is 4. The fourth-order valence-electron chi connectivity index (χ4n) is 1.86. The molecule has 0 amide bonds. The van der Waals surface area contributed by atoms with Gasteiger partial charge in [-0.05, 0) is 49.5 Å². The van der Waals surface area contributed by atoms with Crippen LogP contribution in [0.3, 0.4) is 0 Å². The summed E-state index contributed by atoms with van der Waals surface area (Å²) >= 11 is 0. The Morgan fingerprint density at radius 1 is 1.38 bits per heavy atom. The van der Waals surface area contributed by atoms with E-state index in [-0.39, 0.29) is 0 Å². The van der Waals surface area contributed by atoms with E-state index in [9.17, 15) is 0 Å². The van der Waals surface area contributed by atoms with Gasteiger partial charge in [0.1, 0.15) is 0 Å². The molecule has 96 valence electrons. The summed E-state index contributed by atoms with van der Waals surface area (Å²) in [6, 6.07) is 0. The van der Waals surface area contributed by atoms with Gasteiger partial charge in [-0.25, -0.2) is 0 Å². The van der Waals surface area contributed by atoms with Crippen LogP contribution >= 0.6 is 0 Å². The molecule has 1 saturated heterocycles. The monoisotopic (exact) mass is 243 g/mol. The standard InChI is InChI=1S/C13H29NOSi/c1-11(12-7-8-14-9-12)10-15-16(5,6)13(2,3)4/h11-12,14H,7-10H2,1-6H3/t11-,12?/m0/s1. The molecular formula is C13H29NOSi. The summed E-state index contributed by atoms with van der Waals surface area (Å²) in [5.74, 6) is 1.52. The number of hydrogen-bond donors (Lipinski definition) is 1. The van der Waals surface area contributed by atoms with Crippen molar-refractivity contribution in [2.75, 3.05) is 19.7 Å². The second kappa shape index (κ2) is 5.19. The maximum atomic E-state index is 6.28. The lowest BCUT2D eigenvalue weighted by atomic mass is 9.94. The van der Waals surface area contributed by atoms with Crippen LogP contribution < -0.4 is 5.32 Å². The lowest BCUT2D eigenvalue weighted by molar-refractivity contribution is 0.198. The molecule has 1 N–H and O–H groups in total. The van der Waals surface area contributed by atoms with E-state index in [1.54, 1.807) is 0 Å². The minimum absolute atomic E-state index is 0.334. The highest BCUT2D eigenvalue weighted by Crippen LogP contribution is 2.37. The van der Waals surface area contributed by atoms with Crippen molar-refractivity contribution in [3.8, 4) is 0 Å². The molecule has 0 radical (unpaired) electrons. The molecule has 0 aromatic carbocycles. The normalized spacial score (nSPS) is 24.8. The van der Waals surface area contributed by atoms with Crippen LogP contribution in [-0.2, 0) is 4.43 Å². The van der Waals surface area contributed by atoms with Crippen LogP contribution in [-0.4, -0.2) is 28.0 Å². The van der Waals surface area contributed by atoms with Crippen molar-refractivity contribution in [3.05, 3.63) is 0 Å². The average molecular weight is 243 g/mol. The number of hydrogen-bond acceptors (Lipinski definition) is 2. The highest BCUT2D eigenvalue weighted by molar-refractivity contribution is 6.74. The maximum Gasteiger partial charge on any atom is 0.191 e. The minimum Gasteiger partial charge on any atom is -0.417 e. The largest absolute Gasteiger partial charge is 0.417 e. The summed E-state index contributed by atoms with van der Waals surface area (Å²) in [5.41, 5.74) is 0. The van der Waals surface area contributed by atoms with Gasteiger partial charge < -0.3 is 9.74 Å². The third-order valence-corrected chi connectivity index (χ3v) is 8.92. The van der Waals surface area contributed by atoms with Gasteiger partial charge in [0.15, 0.2) is 8.32 Å². The van der Waals surface area contributed by atoms with Crippen molar-refractivity contribution in [2.45, 2.75) is 52.2 Å². The van der Waals surface area contributed by atoms with Gasteiger partial charge >= 0.3 is 0 Å². The van der Waals surface area contributed by atoms with E-state index in [0.717, 1.165) is 12.5 Å². The van der Waals surface area contributed by atoms with E-state index in [1.807, 2.05) is 0 Å². The van der Waals surface area contributed by atoms with Crippen LogP contribution in [0, 0.1) is 11.8 Å². The van der Waals surface area contributed by atoms with E-state index in [1.165, 1.54) is 19.5 Å². The quantitative estimate of drug-likeness (QED) is 0.765. The second-order valence-electron chi connectivity index (χ2n) is 6.80. The first-order chi connectivity index (χ1) is 7.24. The SMILES string of the molecule is C[C@@H](CO[Si](C)(C)C(C)(C)C)C1CCNC1. The van der Waals surface area contributed by atoms with Gasteiger partial charge in [-0.1, -0.05) is 27.7 Å². The molecule has 1 heterocycles. The predicted molar refractivity (Wildman–Crippen MR) is 73.3 cm³/mol. The van der Waals surface area contributed by atoms with Crippen LogP contribution in [0.4, 0.5) is 0 Å². The van der Waals surface area contributed by atoms with Gasteiger partial charge in [-0.3, -0.25) is 0 Å². The van der Waals surface area contributed by atoms with Gasteiger partial charge in [0, 0.05) is 6.61 Å². The van der Waals surface area contributed by atoms with Crippen LogP contribution in [0.2, 0.25) is 18.1 Å². The van der Waals surface area contributed by atoms with Crippen molar-refractivity contribution in [3.63, 3.8) is 0 Å². The Kier molecular flexibility index (Phi) is 4.61. The molecule has 0 spiro atoms. The van der Waals surface area contributed by atoms with E-state index in [4.69, 9.17) is 4.43 Å². The van der Waals surface area contributed by atoms with Crippen molar-refractivity contribution in [2.24, 2.45) is 11.8 Å². The molecule has 0 aromatic heterocycles. The van der Waals surface area contributed by atoms with E-state index >= 15 is 0 Å². The Morgan fingerprint density at radius 2 is 2.00 bits per heavy atom. The second-order valence-corrected chi connectivity index (χ2v) is 11.6. The fraction of sp³-hybridized carbons (Fsp3) is 1.00. The van der Waals surface area contributed by atoms with Crippen LogP contribution in [0.25, 0.3) is 0 Å². The molecule has 2 nitrogen and oxygen atoms in total. The summed E-state index contributed by atoms with van der Waals surface area (Å²) in [5, 5.41) is 3.77. The van der Waals surface area contributed by atoms with Crippen LogP contribution in [0.5, 0.6) is 0 Å². The Labute approximate surface area is 102 Å². The minimum atomic E-state index is -1.54. The maximum absolute atomic E-state index is 6.28. The predicted octanol–water partition coefficient (Wildman–Crippen LogP) is 3.25. The van der Waals surface area contributed by atoms with Gasteiger partial charge in [0.25, 0.3) is 0 Å². The Morgan fingerprint density at radius 3 is 2.44 bits per heavy atom. The molecule has 1 unspecified atom stereocenters. The summed E-state index contributed by atoms with van der Waals surface area (Å²) in [6.07, 6.45) is 1.32. The lowest BCUT2D eigenvalue weighted by Gasteiger charge is -2.37. The highest BCUT2D eigenvalue weighted by atomic mass is 28.4. The molecular weight excluding hydrogens is 214 g/mol. The van der Waals surface area contributed by atoms with E-state index in [2.05, 4.69) is 46.1 Å². The van der Waals surface area contributed by atoms with Crippen molar-refractivity contribution in [1.82, 2.24) is 5.32 Å². The van der Waals surface area contributed by atoms with Gasteiger partial charge in [-0.2, -0.15) is 0 Å². The molecule has 1 aliphatic heterocycles. The van der Waals surface area contributed by atoms with Crippen molar-refractivity contribution >= 4 is 8.32 Å². The third kappa shape index (κ3) is 3.57. The topological polar surface area (TPSA) is 21.3 Å². The van der Waals surface area contributed by atoms with E-state index in [0.29, 0.717) is 11.0 Å². The third-order valence-electron chi connectivity index (χ3n) is 4.42. The fourth-order valence-corrected chi connectivity index (χ4v) is 2.97. The lowest BCUT2D eigenvalue weighted by Crippen LogP contribution is -2.42. The zero-order valence-corrected chi connectivity index (χ0v) is 12.9. The molecule has 0 aromatic rings.